The summed E-state index contributed by atoms with van der Waals surface area (Å²) < 4.78 is 0. The van der Waals surface area contributed by atoms with Gasteiger partial charge in [-0.05, 0) is 30.1 Å². The predicted molar refractivity (Wildman–Crippen MR) is 49.4 cm³/mol. The highest BCUT2D eigenvalue weighted by Crippen LogP contribution is 2.60. The van der Waals surface area contributed by atoms with Crippen LogP contribution < -0.4 is 5.32 Å². The van der Waals surface area contributed by atoms with Crippen LogP contribution in [0.5, 0.6) is 0 Å². The molecular formula is C10H17NO2. The molecule has 2 aliphatic rings. The van der Waals surface area contributed by atoms with Crippen LogP contribution in [0.15, 0.2) is 0 Å². The molecule has 0 aromatic carbocycles. The minimum absolute atomic E-state index is 0.288. The van der Waals surface area contributed by atoms with Crippen LogP contribution >= 0.6 is 0 Å². The van der Waals surface area contributed by atoms with Crippen LogP contribution in [-0.2, 0) is 4.79 Å². The van der Waals surface area contributed by atoms with Gasteiger partial charge in [0, 0.05) is 6.54 Å². The van der Waals surface area contributed by atoms with Crippen molar-refractivity contribution in [3.63, 3.8) is 0 Å². The molecule has 2 rings (SSSR count). The molecule has 2 fully saturated rings. The molecule has 74 valence electrons. The van der Waals surface area contributed by atoms with Crippen molar-refractivity contribution >= 4 is 5.97 Å². The summed E-state index contributed by atoms with van der Waals surface area (Å²) in [5.74, 6) is 0.768. The van der Waals surface area contributed by atoms with Crippen molar-refractivity contribution in [2.24, 2.45) is 17.3 Å². The summed E-state index contributed by atoms with van der Waals surface area (Å²) in [6.07, 6.45) is 2.06. The lowest BCUT2D eigenvalue weighted by Crippen LogP contribution is -2.29. The molecule has 3 atom stereocenters. The summed E-state index contributed by atoms with van der Waals surface area (Å²) in [6, 6.07) is -0.288. The zero-order chi connectivity index (χ0) is 9.64. The number of carboxylic acids is 1. The molecule has 2 N–H and O–H groups in total. The Bertz CT molecular complexity index is 239. The van der Waals surface area contributed by atoms with Gasteiger partial charge in [-0.2, -0.15) is 0 Å². The molecular weight excluding hydrogens is 166 g/mol. The first-order valence-corrected chi connectivity index (χ1v) is 5.01. The van der Waals surface area contributed by atoms with Crippen molar-refractivity contribution in [1.82, 2.24) is 5.32 Å². The Morgan fingerprint density at radius 2 is 2.23 bits per heavy atom. The third-order valence-corrected chi connectivity index (χ3v) is 3.67. The maximum atomic E-state index is 10.7. The van der Waals surface area contributed by atoms with E-state index in [-0.39, 0.29) is 6.04 Å². The Balaban J connectivity index is 1.97. The number of hydrogen-bond donors (Lipinski definition) is 2. The molecule has 0 aromatic heterocycles. The maximum Gasteiger partial charge on any atom is 0.320 e. The molecule has 1 spiro atoms. The number of nitrogens with one attached hydrogen (secondary N) is 1. The number of rotatable bonds is 2. The predicted octanol–water partition coefficient (Wildman–Crippen LogP) is 1.10. The van der Waals surface area contributed by atoms with Gasteiger partial charge < -0.3 is 10.4 Å². The van der Waals surface area contributed by atoms with Gasteiger partial charge in [-0.25, -0.2) is 0 Å². The quantitative estimate of drug-likeness (QED) is 0.674. The van der Waals surface area contributed by atoms with E-state index >= 15 is 0 Å². The van der Waals surface area contributed by atoms with Gasteiger partial charge in [0.25, 0.3) is 0 Å². The zero-order valence-electron chi connectivity index (χ0n) is 8.21. The molecule has 0 radical (unpaired) electrons. The zero-order valence-corrected chi connectivity index (χ0v) is 8.21. The van der Waals surface area contributed by atoms with Crippen LogP contribution in [-0.4, -0.2) is 23.7 Å². The highest BCUT2D eigenvalue weighted by atomic mass is 16.4. The van der Waals surface area contributed by atoms with Crippen molar-refractivity contribution in [3.05, 3.63) is 0 Å². The highest BCUT2D eigenvalue weighted by Gasteiger charge is 2.59. The van der Waals surface area contributed by atoms with Crippen LogP contribution in [0.2, 0.25) is 0 Å². The van der Waals surface area contributed by atoms with Crippen LogP contribution in [0, 0.1) is 17.3 Å². The molecule has 0 unspecified atom stereocenters. The lowest BCUT2D eigenvalue weighted by molar-refractivity contribution is -0.139. The van der Waals surface area contributed by atoms with E-state index in [2.05, 4.69) is 19.2 Å². The van der Waals surface area contributed by atoms with Gasteiger partial charge in [-0.3, -0.25) is 4.79 Å². The first kappa shape index (κ1) is 9.00. The van der Waals surface area contributed by atoms with E-state index in [9.17, 15) is 4.79 Å². The third-order valence-electron chi connectivity index (χ3n) is 3.67. The average molecular weight is 183 g/mol. The smallest absolute Gasteiger partial charge is 0.320 e. The highest BCUT2D eigenvalue weighted by molar-refractivity contribution is 5.74. The Morgan fingerprint density at radius 1 is 1.54 bits per heavy atom. The van der Waals surface area contributed by atoms with Gasteiger partial charge in [0.05, 0.1) is 0 Å². The number of carboxylic acid groups (broad SMARTS) is 1. The maximum absolute atomic E-state index is 10.7. The summed E-state index contributed by atoms with van der Waals surface area (Å²) in [6.45, 7) is 5.37. The second-order valence-electron chi connectivity index (χ2n) is 4.89. The molecule has 1 saturated heterocycles. The Morgan fingerprint density at radius 3 is 2.62 bits per heavy atom. The standard InChI is InChI=1S/C10H17NO2/c1-6(2)7-3-10(7)4-8(9(12)13)11-5-10/h6-8,11H,3-5H2,1-2H3,(H,12,13)/t7-,8-,10+/m0/s1. The minimum atomic E-state index is -0.689. The second kappa shape index (κ2) is 2.71. The third kappa shape index (κ3) is 1.35. The first-order chi connectivity index (χ1) is 6.05. The average Bonchev–Trinajstić information content (AvgIpc) is 2.52. The van der Waals surface area contributed by atoms with Gasteiger partial charge in [0.15, 0.2) is 0 Å². The van der Waals surface area contributed by atoms with Gasteiger partial charge in [-0.1, -0.05) is 13.8 Å². The molecule has 3 nitrogen and oxygen atoms in total. The van der Waals surface area contributed by atoms with Gasteiger partial charge in [0.2, 0.25) is 0 Å². The largest absolute Gasteiger partial charge is 0.480 e. The van der Waals surface area contributed by atoms with E-state index in [4.69, 9.17) is 5.11 Å². The van der Waals surface area contributed by atoms with Crippen LogP contribution in [0.3, 0.4) is 0 Å². The SMILES string of the molecule is CC(C)[C@@H]1C[C@@]12CN[C@H](C(=O)O)C2. The van der Waals surface area contributed by atoms with E-state index in [1.807, 2.05) is 0 Å². The molecule has 0 amide bonds. The monoisotopic (exact) mass is 183 g/mol. The van der Waals surface area contributed by atoms with Gasteiger partial charge in [0.1, 0.15) is 6.04 Å². The summed E-state index contributed by atoms with van der Waals surface area (Å²) >= 11 is 0. The molecule has 1 aliphatic carbocycles. The molecule has 1 aliphatic heterocycles. The summed E-state index contributed by atoms with van der Waals surface area (Å²) in [4.78, 5) is 10.7. The molecule has 1 heterocycles. The van der Waals surface area contributed by atoms with Crippen LogP contribution in [0.4, 0.5) is 0 Å². The number of carbonyl (C=O) groups is 1. The Labute approximate surface area is 78.5 Å². The number of hydrogen-bond acceptors (Lipinski definition) is 2. The van der Waals surface area contributed by atoms with Crippen LogP contribution in [0.25, 0.3) is 0 Å². The van der Waals surface area contributed by atoms with Crippen molar-refractivity contribution < 1.29 is 9.90 Å². The summed E-state index contributed by atoms with van der Waals surface area (Å²) in [7, 11) is 0. The van der Waals surface area contributed by atoms with Crippen molar-refractivity contribution in [3.8, 4) is 0 Å². The fraction of sp³-hybridized carbons (Fsp3) is 0.900. The fourth-order valence-corrected chi connectivity index (χ4v) is 2.81. The van der Waals surface area contributed by atoms with Gasteiger partial charge >= 0.3 is 5.97 Å². The van der Waals surface area contributed by atoms with Crippen molar-refractivity contribution in [2.45, 2.75) is 32.7 Å². The fourth-order valence-electron chi connectivity index (χ4n) is 2.81. The first-order valence-electron chi connectivity index (χ1n) is 5.01. The lowest BCUT2D eigenvalue weighted by atomic mass is 9.94. The Kier molecular flexibility index (Phi) is 1.88. The summed E-state index contributed by atoms with van der Waals surface area (Å²) in [5.41, 5.74) is 0.344. The lowest BCUT2D eigenvalue weighted by Gasteiger charge is -2.09. The second-order valence-corrected chi connectivity index (χ2v) is 4.89. The van der Waals surface area contributed by atoms with Crippen molar-refractivity contribution in [1.29, 1.82) is 0 Å². The molecule has 1 saturated carbocycles. The van der Waals surface area contributed by atoms with E-state index in [0.717, 1.165) is 18.9 Å². The van der Waals surface area contributed by atoms with E-state index < -0.39 is 5.97 Å². The van der Waals surface area contributed by atoms with Gasteiger partial charge in [-0.15, -0.1) is 0 Å². The van der Waals surface area contributed by atoms with E-state index in [1.54, 1.807) is 0 Å². The summed E-state index contributed by atoms with van der Waals surface area (Å²) in [5, 5.41) is 11.9. The molecule has 3 heteroatoms. The van der Waals surface area contributed by atoms with Crippen LogP contribution in [0.1, 0.15) is 26.7 Å². The minimum Gasteiger partial charge on any atom is -0.480 e. The Hall–Kier alpha value is -0.570. The topological polar surface area (TPSA) is 49.3 Å². The number of aliphatic carboxylic acids is 1. The molecule has 0 bridgehead atoms. The van der Waals surface area contributed by atoms with E-state index in [0.29, 0.717) is 11.3 Å². The van der Waals surface area contributed by atoms with E-state index in [1.165, 1.54) is 6.42 Å². The normalized spacial score (nSPS) is 43.0. The van der Waals surface area contributed by atoms with Crippen molar-refractivity contribution in [2.75, 3.05) is 6.54 Å². The molecule has 13 heavy (non-hydrogen) atoms. The molecule has 0 aromatic rings.